The molecular weight excluding hydrogens is 591 g/mol. The molecule has 0 aromatic heterocycles. The summed E-state index contributed by atoms with van der Waals surface area (Å²) in [5, 5.41) is 0. The molecule has 0 saturated carbocycles. The van der Waals surface area contributed by atoms with Crippen LogP contribution >= 0.6 is 7.82 Å². The number of nitrogens with zero attached hydrogens (tertiary/aromatic N) is 2. The third kappa shape index (κ3) is 14.1. The normalized spacial score (nSPS) is 14.9. The second-order valence-corrected chi connectivity index (χ2v) is 12.9. The van der Waals surface area contributed by atoms with Gasteiger partial charge in [-0.1, -0.05) is 89.0 Å². The van der Waals surface area contributed by atoms with Crippen LogP contribution in [0.15, 0.2) is 54.9 Å². The molecule has 0 fully saturated rings. The van der Waals surface area contributed by atoms with Crippen LogP contribution in [0.1, 0.15) is 89.2 Å². The van der Waals surface area contributed by atoms with Crippen LogP contribution in [0, 0.1) is 13.6 Å². The van der Waals surface area contributed by atoms with E-state index in [2.05, 4.69) is 6.92 Å². The molecule has 1 aliphatic heterocycles. The highest BCUT2D eigenvalue weighted by atomic mass is 31.2. The SMILES string of the molecule is CCCCCCCCCCCCOc1cccc(OCC(COP(=O)(O)Oc2ccccc2CN2[CH]N(C)C=C2)OCC)c1C. The van der Waals surface area contributed by atoms with Crippen molar-refractivity contribution in [1.29, 1.82) is 0 Å². The Morgan fingerprint density at radius 2 is 1.44 bits per heavy atom. The van der Waals surface area contributed by atoms with Crippen molar-refractivity contribution in [2.75, 3.05) is 33.5 Å². The fourth-order valence-corrected chi connectivity index (χ4v) is 5.92. The van der Waals surface area contributed by atoms with Crippen molar-refractivity contribution < 1.29 is 32.7 Å². The molecule has 3 rings (SSSR count). The second kappa shape index (κ2) is 20.4. The van der Waals surface area contributed by atoms with E-state index in [4.69, 9.17) is 23.3 Å². The summed E-state index contributed by atoms with van der Waals surface area (Å²) in [6.45, 7) is 9.51. The van der Waals surface area contributed by atoms with Crippen LogP contribution in [0.3, 0.4) is 0 Å². The Morgan fingerprint density at radius 1 is 0.800 bits per heavy atom. The molecule has 2 aromatic carbocycles. The minimum absolute atomic E-state index is 0.137. The lowest BCUT2D eigenvalue weighted by atomic mass is 10.1. The summed E-state index contributed by atoms with van der Waals surface area (Å²) in [6.07, 6.45) is 16.1. The zero-order valence-electron chi connectivity index (χ0n) is 27.7. The van der Waals surface area contributed by atoms with Crippen LogP contribution in [-0.4, -0.2) is 54.3 Å². The van der Waals surface area contributed by atoms with E-state index >= 15 is 0 Å². The molecule has 0 saturated heterocycles. The van der Waals surface area contributed by atoms with Gasteiger partial charge in [0.25, 0.3) is 0 Å². The molecule has 10 heteroatoms. The third-order valence-corrected chi connectivity index (χ3v) is 8.51. The van der Waals surface area contributed by atoms with E-state index in [1.54, 1.807) is 12.1 Å². The van der Waals surface area contributed by atoms with Crippen LogP contribution in [0.4, 0.5) is 0 Å². The lowest BCUT2D eigenvalue weighted by Gasteiger charge is -2.22. The predicted octanol–water partition coefficient (Wildman–Crippen LogP) is 8.61. The van der Waals surface area contributed by atoms with E-state index in [1.807, 2.05) is 80.1 Å². The first-order valence-corrected chi connectivity index (χ1v) is 18.0. The lowest BCUT2D eigenvalue weighted by Crippen LogP contribution is -2.27. The van der Waals surface area contributed by atoms with Crippen molar-refractivity contribution in [1.82, 2.24) is 9.80 Å². The molecule has 1 aliphatic rings. The number of phosphoric acid groups is 1. The number of ether oxygens (including phenoxy) is 3. The standard InChI is InChI=1S/C35H54N2O7P/c1-5-7-8-9-10-11-12-13-14-17-25-41-33-21-18-22-34(30(33)3)42-27-32(40-6-2)28-43-45(38,39)44-35-20-16-15-19-31(35)26-37-24-23-36(4)29-37/h15-16,18-24,29,32H,5-14,17,25-28H2,1-4H3,(H,38,39). The van der Waals surface area contributed by atoms with E-state index in [1.165, 1.54) is 57.8 Å². The van der Waals surface area contributed by atoms with Crippen molar-refractivity contribution >= 4 is 7.82 Å². The molecule has 0 spiro atoms. The molecule has 9 nitrogen and oxygen atoms in total. The molecule has 251 valence electrons. The van der Waals surface area contributed by atoms with Crippen molar-refractivity contribution in [3.8, 4) is 17.2 Å². The van der Waals surface area contributed by atoms with Crippen LogP contribution in [0.5, 0.6) is 17.2 Å². The van der Waals surface area contributed by atoms with Crippen molar-refractivity contribution in [2.45, 2.75) is 97.6 Å². The summed E-state index contributed by atoms with van der Waals surface area (Å²) >= 11 is 0. The molecule has 45 heavy (non-hydrogen) atoms. The third-order valence-electron chi connectivity index (χ3n) is 7.60. The van der Waals surface area contributed by atoms with Gasteiger partial charge in [0.05, 0.1) is 13.2 Å². The molecule has 0 aliphatic carbocycles. The first-order valence-electron chi connectivity index (χ1n) is 16.5. The van der Waals surface area contributed by atoms with E-state index in [9.17, 15) is 9.46 Å². The zero-order valence-corrected chi connectivity index (χ0v) is 28.6. The molecule has 2 atom stereocenters. The molecule has 1 heterocycles. The average molecular weight is 646 g/mol. The summed E-state index contributed by atoms with van der Waals surface area (Å²) in [7, 11) is -2.50. The molecule has 1 N–H and O–H groups in total. The van der Waals surface area contributed by atoms with Gasteiger partial charge in [-0.15, -0.1) is 0 Å². The monoisotopic (exact) mass is 645 g/mol. The molecule has 0 bridgehead atoms. The van der Waals surface area contributed by atoms with Gasteiger partial charge in [0.2, 0.25) is 0 Å². The largest absolute Gasteiger partial charge is 0.527 e. The Morgan fingerprint density at radius 3 is 2.11 bits per heavy atom. The maximum atomic E-state index is 12.9. The second-order valence-electron chi connectivity index (χ2n) is 11.5. The smallest absolute Gasteiger partial charge is 0.493 e. The van der Waals surface area contributed by atoms with Gasteiger partial charge in [0.1, 0.15) is 36.6 Å². The minimum atomic E-state index is -4.43. The Hall–Kier alpha value is -2.71. The van der Waals surface area contributed by atoms with Crippen molar-refractivity contribution in [3.63, 3.8) is 0 Å². The highest BCUT2D eigenvalue weighted by molar-refractivity contribution is 7.47. The van der Waals surface area contributed by atoms with Crippen LogP contribution in [0.25, 0.3) is 0 Å². The molecular formula is C35H54N2O7P. The molecule has 0 amide bonds. The number of para-hydroxylation sites is 1. The van der Waals surface area contributed by atoms with Gasteiger partial charge in [-0.25, -0.2) is 4.57 Å². The van der Waals surface area contributed by atoms with E-state index in [0.717, 1.165) is 23.3 Å². The summed E-state index contributed by atoms with van der Waals surface area (Å²) in [5.74, 6) is 1.76. The van der Waals surface area contributed by atoms with Gasteiger partial charge in [-0.2, -0.15) is 0 Å². The quantitative estimate of drug-likeness (QED) is 0.0890. The topological polar surface area (TPSA) is 89.9 Å². The van der Waals surface area contributed by atoms with Crippen molar-refractivity contribution in [2.24, 2.45) is 0 Å². The number of hydrogen-bond donors (Lipinski definition) is 1. The number of unbranched alkanes of at least 4 members (excludes halogenated alkanes) is 9. The highest BCUT2D eigenvalue weighted by Gasteiger charge is 2.27. The molecule has 2 aromatic rings. The Labute approximate surface area is 271 Å². The zero-order chi connectivity index (χ0) is 32.3. The fraction of sp³-hybridized carbons (Fsp3) is 0.571. The van der Waals surface area contributed by atoms with E-state index in [-0.39, 0.29) is 19.0 Å². The molecule has 2 unspecified atom stereocenters. The van der Waals surface area contributed by atoms with Gasteiger partial charge >= 0.3 is 7.82 Å². The first-order chi connectivity index (χ1) is 21.8. The number of phosphoric ester groups is 1. The van der Waals surface area contributed by atoms with Gasteiger partial charge in [0, 0.05) is 43.7 Å². The van der Waals surface area contributed by atoms with Gasteiger partial charge < -0.3 is 28.5 Å². The van der Waals surface area contributed by atoms with E-state index in [0.29, 0.717) is 25.5 Å². The Kier molecular flexibility index (Phi) is 16.7. The summed E-state index contributed by atoms with van der Waals surface area (Å²) in [4.78, 5) is 14.4. The van der Waals surface area contributed by atoms with Gasteiger partial charge in [0.15, 0.2) is 0 Å². The average Bonchev–Trinajstić information content (AvgIpc) is 3.43. The maximum Gasteiger partial charge on any atom is 0.527 e. The maximum absolute atomic E-state index is 12.9. The highest BCUT2D eigenvalue weighted by Crippen LogP contribution is 2.45. The minimum Gasteiger partial charge on any atom is -0.493 e. The van der Waals surface area contributed by atoms with E-state index < -0.39 is 13.9 Å². The summed E-state index contributed by atoms with van der Waals surface area (Å²) in [6, 6.07) is 12.9. The Balaban J connectivity index is 1.42. The van der Waals surface area contributed by atoms with Crippen LogP contribution in [0.2, 0.25) is 0 Å². The van der Waals surface area contributed by atoms with Crippen LogP contribution in [-0.2, 0) is 20.4 Å². The predicted molar refractivity (Wildman–Crippen MR) is 179 cm³/mol. The molecule has 1 radical (unpaired) electrons. The summed E-state index contributed by atoms with van der Waals surface area (Å²) in [5.41, 5.74) is 1.66. The lowest BCUT2D eigenvalue weighted by molar-refractivity contribution is -0.00730. The fourth-order valence-electron chi connectivity index (χ4n) is 5.08. The van der Waals surface area contributed by atoms with Crippen LogP contribution < -0.4 is 14.0 Å². The van der Waals surface area contributed by atoms with Crippen molar-refractivity contribution in [3.05, 3.63) is 72.7 Å². The number of benzene rings is 2. The number of rotatable bonds is 24. The summed E-state index contributed by atoms with van der Waals surface area (Å²) < 4.78 is 41.7. The first kappa shape index (κ1) is 36.8. The Bertz CT molecular complexity index is 1190. The van der Waals surface area contributed by atoms with Gasteiger partial charge in [-0.3, -0.25) is 9.42 Å². The number of hydrogen-bond acceptors (Lipinski definition) is 8. The van der Waals surface area contributed by atoms with Gasteiger partial charge in [-0.05, 0) is 38.5 Å².